The normalized spacial score (nSPS) is 12.1. The quantitative estimate of drug-likeness (QED) is 0.380. The van der Waals surface area contributed by atoms with Crippen LogP contribution >= 0.6 is 0 Å². The average molecular weight is 282 g/mol. The summed E-state index contributed by atoms with van der Waals surface area (Å²) in [6.45, 7) is -0.326. The molecule has 0 aromatic carbocycles. The molecule has 0 saturated carbocycles. The van der Waals surface area contributed by atoms with Crippen molar-refractivity contribution in [2.75, 3.05) is 6.61 Å². The van der Waals surface area contributed by atoms with Gasteiger partial charge in [-0.05, 0) is 12.8 Å². The summed E-state index contributed by atoms with van der Waals surface area (Å²) in [7, 11) is 0. The Morgan fingerprint density at radius 3 is 1.95 bits per heavy atom. The molecule has 2 N–H and O–H groups in total. The van der Waals surface area contributed by atoms with E-state index in [-0.39, 0.29) is 18.8 Å². The van der Waals surface area contributed by atoms with Crippen LogP contribution in [-0.2, 0) is 4.79 Å². The van der Waals surface area contributed by atoms with E-state index >= 15 is 0 Å². The minimum atomic E-state index is -0.878. The van der Waals surface area contributed by atoms with Crippen molar-refractivity contribution in [2.45, 2.75) is 83.2 Å². The maximum absolute atomic E-state index is 11.4. The molecule has 0 aliphatic heterocycles. The highest BCUT2D eigenvalue weighted by atomic mass is 16.3. The number of carbonyl (C=O) groups excluding carboxylic acids is 1. The van der Waals surface area contributed by atoms with Gasteiger partial charge in [0.2, 0.25) is 0 Å². The van der Waals surface area contributed by atoms with E-state index in [4.69, 9.17) is 16.6 Å². The fraction of sp³-hybridized carbons (Fsp3) is 0.824. The number of rotatable bonds is 14. The fourth-order valence-corrected chi connectivity index (χ4v) is 2.22. The Morgan fingerprint density at radius 2 is 1.45 bits per heavy atom. The Balaban J connectivity index is 3.17. The first-order chi connectivity index (χ1) is 9.70. The highest BCUT2D eigenvalue weighted by molar-refractivity contribution is 5.78. The first-order valence-electron chi connectivity index (χ1n) is 7.94. The number of aliphatic hydroxyl groups is 2. The van der Waals surface area contributed by atoms with Crippen molar-refractivity contribution in [3.63, 3.8) is 0 Å². The summed E-state index contributed by atoms with van der Waals surface area (Å²) in [6.07, 6.45) is 16.5. The molecule has 0 bridgehead atoms. The number of unbranched alkanes of at least 4 members (excludes halogenated alkanes) is 9. The van der Waals surface area contributed by atoms with Crippen molar-refractivity contribution in [2.24, 2.45) is 0 Å². The van der Waals surface area contributed by atoms with E-state index in [1.165, 1.54) is 38.5 Å². The average Bonchev–Trinajstić information content (AvgIpc) is 2.44. The van der Waals surface area contributed by atoms with Crippen LogP contribution in [0.4, 0.5) is 0 Å². The maximum Gasteiger partial charge on any atom is 0.135 e. The molecule has 3 nitrogen and oxygen atoms in total. The number of ketones is 1. The number of terminal acetylenes is 1. The van der Waals surface area contributed by atoms with Crippen LogP contribution in [0, 0.1) is 12.3 Å². The van der Waals surface area contributed by atoms with Gasteiger partial charge in [0.15, 0.2) is 0 Å². The van der Waals surface area contributed by atoms with Crippen molar-refractivity contribution < 1.29 is 15.0 Å². The summed E-state index contributed by atoms with van der Waals surface area (Å²) >= 11 is 0. The Labute approximate surface area is 123 Å². The van der Waals surface area contributed by atoms with Gasteiger partial charge in [-0.15, -0.1) is 12.3 Å². The highest BCUT2D eigenvalue weighted by Crippen LogP contribution is 2.11. The molecule has 0 heterocycles. The van der Waals surface area contributed by atoms with Crippen LogP contribution in [-0.4, -0.2) is 28.7 Å². The van der Waals surface area contributed by atoms with Gasteiger partial charge in [-0.3, -0.25) is 4.79 Å². The van der Waals surface area contributed by atoms with Crippen molar-refractivity contribution in [3.8, 4) is 12.3 Å². The van der Waals surface area contributed by atoms with E-state index in [2.05, 4.69) is 5.92 Å². The van der Waals surface area contributed by atoms with Gasteiger partial charge in [0.1, 0.15) is 5.78 Å². The topological polar surface area (TPSA) is 57.5 Å². The third-order valence-corrected chi connectivity index (χ3v) is 3.45. The molecule has 0 aromatic rings. The van der Waals surface area contributed by atoms with E-state index in [1.54, 1.807) is 0 Å². The Morgan fingerprint density at radius 1 is 0.950 bits per heavy atom. The molecule has 0 saturated heterocycles. The van der Waals surface area contributed by atoms with Crippen LogP contribution in [0.15, 0.2) is 0 Å². The molecule has 20 heavy (non-hydrogen) atoms. The predicted octanol–water partition coefficient (Wildman–Crippen LogP) is 3.22. The zero-order chi connectivity index (χ0) is 15.1. The van der Waals surface area contributed by atoms with Crippen LogP contribution in [0.2, 0.25) is 0 Å². The van der Waals surface area contributed by atoms with Gasteiger partial charge < -0.3 is 10.2 Å². The van der Waals surface area contributed by atoms with Crippen molar-refractivity contribution >= 4 is 5.78 Å². The van der Waals surface area contributed by atoms with Crippen LogP contribution in [0.25, 0.3) is 0 Å². The summed E-state index contributed by atoms with van der Waals surface area (Å²) in [5.41, 5.74) is 0. The highest BCUT2D eigenvalue weighted by Gasteiger charge is 2.08. The van der Waals surface area contributed by atoms with Crippen molar-refractivity contribution in [1.82, 2.24) is 0 Å². The van der Waals surface area contributed by atoms with E-state index in [0.29, 0.717) is 6.42 Å². The fourth-order valence-electron chi connectivity index (χ4n) is 2.22. The number of Topliss-reactive ketones (excluding diaryl/α,β-unsaturated/α-hetero) is 1. The molecular formula is C17H30O3. The second-order valence-electron chi connectivity index (χ2n) is 5.47. The lowest BCUT2D eigenvalue weighted by atomic mass is 10.0. The van der Waals surface area contributed by atoms with Gasteiger partial charge >= 0.3 is 0 Å². The Kier molecular flexibility index (Phi) is 13.9. The SMILES string of the molecule is C#CCCCCCCCCCCCC(=O)C[C@H](O)CO. The van der Waals surface area contributed by atoms with E-state index in [9.17, 15) is 4.79 Å². The molecule has 3 heteroatoms. The summed E-state index contributed by atoms with van der Waals surface area (Å²) in [4.78, 5) is 11.4. The summed E-state index contributed by atoms with van der Waals surface area (Å²) in [6, 6.07) is 0. The van der Waals surface area contributed by atoms with Crippen LogP contribution in [0.5, 0.6) is 0 Å². The van der Waals surface area contributed by atoms with Gasteiger partial charge in [-0.25, -0.2) is 0 Å². The third-order valence-electron chi connectivity index (χ3n) is 3.45. The Bertz CT molecular complexity index is 268. The smallest absolute Gasteiger partial charge is 0.135 e. The lowest BCUT2D eigenvalue weighted by Gasteiger charge is -2.05. The monoisotopic (exact) mass is 282 g/mol. The Hall–Kier alpha value is -0.850. The van der Waals surface area contributed by atoms with Gasteiger partial charge in [0.25, 0.3) is 0 Å². The molecule has 0 spiro atoms. The number of hydrogen-bond acceptors (Lipinski definition) is 3. The third kappa shape index (κ3) is 13.6. The molecule has 0 radical (unpaired) electrons. The van der Waals surface area contributed by atoms with Gasteiger partial charge in [0.05, 0.1) is 12.7 Å². The van der Waals surface area contributed by atoms with Gasteiger partial charge in [-0.1, -0.05) is 44.9 Å². The molecule has 0 unspecified atom stereocenters. The van der Waals surface area contributed by atoms with E-state index in [1.807, 2.05) is 0 Å². The summed E-state index contributed by atoms with van der Waals surface area (Å²) in [5.74, 6) is 2.72. The maximum atomic E-state index is 11.4. The standard InChI is InChI=1S/C17H30O3/c1-2-3-4-5-6-7-8-9-10-11-12-13-16(19)14-17(20)15-18/h1,17-18,20H,3-15H2/t17-/m0/s1. The lowest BCUT2D eigenvalue weighted by molar-refractivity contribution is -0.121. The number of hydrogen-bond donors (Lipinski definition) is 2. The second kappa shape index (κ2) is 14.6. The van der Waals surface area contributed by atoms with Gasteiger partial charge in [0, 0.05) is 19.3 Å². The zero-order valence-electron chi connectivity index (χ0n) is 12.6. The second-order valence-corrected chi connectivity index (χ2v) is 5.47. The molecule has 0 amide bonds. The molecule has 1 atom stereocenters. The molecule has 0 aliphatic carbocycles. The molecule has 0 fully saturated rings. The minimum absolute atomic E-state index is 0.0556. The van der Waals surface area contributed by atoms with Crippen LogP contribution < -0.4 is 0 Å². The van der Waals surface area contributed by atoms with Gasteiger partial charge in [-0.2, -0.15) is 0 Å². The number of carbonyl (C=O) groups is 1. The minimum Gasteiger partial charge on any atom is -0.394 e. The van der Waals surface area contributed by atoms with E-state index in [0.717, 1.165) is 25.7 Å². The molecule has 0 aliphatic rings. The van der Waals surface area contributed by atoms with Crippen molar-refractivity contribution in [1.29, 1.82) is 0 Å². The van der Waals surface area contributed by atoms with Crippen LogP contribution in [0.1, 0.15) is 77.0 Å². The van der Waals surface area contributed by atoms with Crippen molar-refractivity contribution in [3.05, 3.63) is 0 Å². The molecule has 116 valence electrons. The predicted molar refractivity (Wildman–Crippen MR) is 82.3 cm³/mol. The molecular weight excluding hydrogens is 252 g/mol. The molecule has 0 rings (SSSR count). The summed E-state index contributed by atoms with van der Waals surface area (Å²) < 4.78 is 0. The first kappa shape index (κ1) is 19.1. The zero-order valence-corrected chi connectivity index (χ0v) is 12.6. The lowest BCUT2D eigenvalue weighted by Crippen LogP contribution is -2.17. The molecule has 0 aromatic heterocycles. The van der Waals surface area contributed by atoms with Crippen LogP contribution in [0.3, 0.4) is 0 Å². The first-order valence-corrected chi connectivity index (χ1v) is 7.94. The van der Waals surface area contributed by atoms with E-state index < -0.39 is 6.10 Å². The largest absolute Gasteiger partial charge is 0.394 e. The summed E-state index contributed by atoms with van der Waals surface area (Å²) in [5, 5.41) is 17.8. The number of aliphatic hydroxyl groups excluding tert-OH is 2.